The Morgan fingerprint density at radius 2 is 2.13 bits per heavy atom. The van der Waals surface area contributed by atoms with Gasteiger partial charge in [0.1, 0.15) is 5.69 Å². The van der Waals surface area contributed by atoms with Gasteiger partial charge >= 0.3 is 0 Å². The van der Waals surface area contributed by atoms with E-state index >= 15 is 0 Å². The van der Waals surface area contributed by atoms with Crippen LogP contribution in [0.4, 0.5) is 0 Å². The summed E-state index contributed by atoms with van der Waals surface area (Å²) < 4.78 is 0. The highest BCUT2D eigenvalue weighted by Crippen LogP contribution is 2.20. The summed E-state index contributed by atoms with van der Waals surface area (Å²) in [5, 5.41) is 4.18. The molecule has 2 heterocycles. The van der Waals surface area contributed by atoms with Crippen molar-refractivity contribution in [1.82, 2.24) is 15.2 Å². The van der Waals surface area contributed by atoms with Crippen molar-refractivity contribution < 1.29 is 4.79 Å². The summed E-state index contributed by atoms with van der Waals surface area (Å²) in [6, 6.07) is 11.7. The Balaban J connectivity index is 1.75. The summed E-state index contributed by atoms with van der Waals surface area (Å²) in [7, 11) is 0. The summed E-state index contributed by atoms with van der Waals surface area (Å²) in [4.78, 5) is 18.8. The molecule has 1 aliphatic rings. The number of aryl methyl sites for hydroxylation is 1. The molecule has 1 aromatic carbocycles. The maximum Gasteiger partial charge on any atom is 0.272 e. The molecule has 5 heteroatoms. The standard InChI is InChI=1S/C18H20ClN3O/c1-2-13-7-8-20-16(11-13)18(23)22-10-9-21-17(12-22)14-3-5-15(19)6-4-14/h3-8,11,17,21H,2,9-10,12H2,1H3. The topological polar surface area (TPSA) is 45.2 Å². The molecule has 1 aliphatic heterocycles. The van der Waals surface area contributed by atoms with Crippen molar-refractivity contribution in [2.75, 3.05) is 19.6 Å². The van der Waals surface area contributed by atoms with Gasteiger partial charge in [-0.05, 0) is 41.8 Å². The van der Waals surface area contributed by atoms with Gasteiger partial charge < -0.3 is 10.2 Å². The number of hydrogen-bond donors (Lipinski definition) is 1. The molecular weight excluding hydrogens is 310 g/mol. The van der Waals surface area contributed by atoms with Crippen LogP contribution in [0.2, 0.25) is 5.02 Å². The molecule has 1 N–H and O–H groups in total. The van der Waals surface area contributed by atoms with Crippen LogP contribution in [-0.2, 0) is 6.42 Å². The van der Waals surface area contributed by atoms with Crippen molar-refractivity contribution in [3.63, 3.8) is 0 Å². The number of hydrogen-bond acceptors (Lipinski definition) is 3. The fraction of sp³-hybridized carbons (Fsp3) is 0.333. The Kier molecular flexibility index (Phi) is 4.94. The number of benzene rings is 1. The number of piperazine rings is 1. The average Bonchev–Trinajstić information content (AvgIpc) is 2.62. The molecule has 0 saturated carbocycles. The molecule has 3 rings (SSSR count). The predicted molar refractivity (Wildman–Crippen MR) is 91.7 cm³/mol. The number of nitrogens with one attached hydrogen (secondary N) is 1. The quantitative estimate of drug-likeness (QED) is 0.941. The van der Waals surface area contributed by atoms with E-state index < -0.39 is 0 Å². The van der Waals surface area contributed by atoms with Crippen LogP contribution in [0.5, 0.6) is 0 Å². The summed E-state index contributed by atoms with van der Waals surface area (Å²) in [5.74, 6) is 0.000707. The Morgan fingerprint density at radius 1 is 1.35 bits per heavy atom. The van der Waals surface area contributed by atoms with Crippen molar-refractivity contribution >= 4 is 17.5 Å². The van der Waals surface area contributed by atoms with Gasteiger partial charge in [0.15, 0.2) is 0 Å². The zero-order chi connectivity index (χ0) is 16.2. The third-order valence-corrected chi connectivity index (χ3v) is 4.44. The number of carbonyl (C=O) groups excluding carboxylic acids is 1. The maximum absolute atomic E-state index is 12.7. The normalized spacial score (nSPS) is 18.0. The highest BCUT2D eigenvalue weighted by Gasteiger charge is 2.25. The van der Waals surface area contributed by atoms with Crippen LogP contribution in [0, 0.1) is 0 Å². The van der Waals surface area contributed by atoms with Gasteiger partial charge in [0.05, 0.1) is 0 Å². The van der Waals surface area contributed by atoms with Gasteiger partial charge in [0.2, 0.25) is 0 Å². The molecule has 23 heavy (non-hydrogen) atoms. The van der Waals surface area contributed by atoms with Crippen LogP contribution in [0.3, 0.4) is 0 Å². The lowest BCUT2D eigenvalue weighted by molar-refractivity contribution is 0.0697. The number of nitrogens with zero attached hydrogens (tertiary/aromatic N) is 2. The lowest BCUT2D eigenvalue weighted by atomic mass is 10.0. The van der Waals surface area contributed by atoms with Crippen LogP contribution in [-0.4, -0.2) is 35.4 Å². The Morgan fingerprint density at radius 3 is 2.87 bits per heavy atom. The molecule has 2 aromatic rings. The summed E-state index contributed by atoms with van der Waals surface area (Å²) in [6.07, 6.45) is 2.61. The van der Waals surface area contributed by atoms with Crippen molar-refractivity contribution in [3.8, 4) is 0 Å². The smallest absolute Gasteiger partial charge is 0.272 e. The second-order valence-electron chi connectivity index (χ2n) is 5.71. The SMILES string of the molecule is CCc1ccnc(C(=O)N2CCNC(c3ccc(Cl)cc3)C2)c1. The van der Waals surface area contributed by atoms with E-state index in [2.05, 4.69) is 17.2 Å². The molecular formula is C18H20ClN3O. The van der Waals surface area contributed by atoms with Gasteiger partial charge in [-0.2, -0.15) is 0 Å². The van der Waals surface area contributed by atoms with Gasteiger partial charge in [0.25, 0.3) is 5.91 Å². The first-order valence-electron chi connectivity index (χ1n) is 7.90. The third kappa shape index (κ3) is 3.71. The molecule has 1 aromatic heterocycles. The highest BCUT2D eigenvalue weighted by atomic mass is 35.5. The van der Waals surface area contributed by atoms with Crippen molar-refractivity contribution in [3.05, 3.63) is 64.4 Å². The number of carbonyl (C=O) groups is 1. The lowest BCUT2D eigenvalue weighted by Crippen LogP contribution is -2.48. The van der Waals surface area contributed by atoms with Crippen molar-refractivity contribution in [2.24, 2.45) is 0 Å². The predicted octanol–water partition coefficient (Wildman–Crippen LogP) is 3.08. The zero-order valence-electron chi connectivity index (χ0n) is 13.1. The van der Waals surface area contributed by atoms with E-state index in [1.54, 1.807) is 6.20 Å². The van der Waals surface area contributed by atoms with E-state index in [0.717, 1.165) is 29.1 Å². The molecule has 0 radical (unpaired) electrons. The van der Waals surface area contributed by atoms with Crippen LogP contribution in [0.1, 0.15) is 34.6 Å². The van der Waals surface area contributed by atoms with E-state index in [1.165, 1.54) is 0 Å². The van der Waals surface area contributed by atoms with Crippen LogP contribution < -0.4 is 5.32 Å². The number of aromatic nitrogens is 1. The molecule has 4 nitrogen and oxygen atoms in total. The van der Waals surface area contributed by atoms with Gasteiger partial charge in [-0.3, -0.25) is 9.78 Å². The summed E-state index contributed by atoms with van der Waals surface area (Å²) in [5.41, 5.74) is 2.80. The van der Waals surface area contributed by atoms with E-state index in [4.69, 9.17) is 11.6 Å². The summed E-state index contributed by atoms with van der Waals surface area (Å²) in [6.45, 7) is 4.18. The third-order valence-electron chi connectivity index (χ3n) is 4.19. The maximum atomic E-state index is 12.7. The van der Waals surface area contributed by atoms with E-state index in [-0.39, 0.29) is 11.9 Å². The Hall–Kier alpha value is -1.91. The van der Waals surface area contributed by atoms with Gasteiger partial charge in [-0.25, -0.2) is 0 Å². The first-order valence-corrected chi connectivity index (χ1v) is 8.28. The number of amides is 1. The molecule has 120 valence electrons. The van der Waals surface area contributed by atoms with Crippen LogP contribution in [0.25, 0.3) is 0 Å². The van der Waals surface area contributed by atoms with E-state index in [9.17, 15) is 4.79 Å². The van der Waals surface area contributed by atoms with Gasteiger partial charge in [0, 0.05) is 36.9 Å². The Bertz CT molecular complexity index is 687. The minimum Gasteiger partial charge on any atom is -0.334 e. The first-order chi connectivity index (χ1) is 11.2. The number of rotatable bonds is 3. The molecule has 0 aliphatic carbocycles. The van der Waals surface area contributed by atoms with Crippen molar-refractivity contribution in [2.45, 2.75) is 19.4 Å². The molecule has 1 fully saturated rings. The zero-order valence-corrected chi connectivity index (χ0v) is 13.9. The van der Waals surface area contributed by atoms with Gasteiger partial charge in [-0.15, -0.1) is 0 Å². The second-order valence-corrected chi connectivity index (χ2v) is 6.15. The minimum atomic E-state index is 0.000707. The fourth-order valence-corrected chi connectivity index (χ4v) is 2.95. The second kappa shape index (κ2) is 7.11. The first kappa shape index (κ1) is 16.0. The largest absolute Gasteiger partial charge is 0.334 e. The monoisotopic (exact) mass is 329 g/mol. The summed E-state index contributed by atoms with van der Waals surface area (Å²) >= 11 is 5.95. The minimum absolute atomic E-state index is 0.000707. The molecule has 0 spiro atoms. The molecule has 1 saturated heterocycles. The van der Waals surface area contributed by atoms with Crippen molar-refractivity contribution in [1.29, 1.82) is 0 Å². The molecule has 1 unspecified atom stereocenters. The Labute approximate surface area is 141 Å². The van der Waals surface area contributed by atoms with E-state index in [0.29, 0.717) is 18.8 Å². The van der Waals surface area contributed by atoms with Crippen LogP contribution >= 0.6 is 11.6 Å². The number of halogens is 1. The molecule has 1 atom stereocenters. The molecule has 1 amide bonds. The average molecular weight is 330 g/mol. The molecule has 0 bridgehead atoms. The highest BCUT2D eigenvalue weighted by molar-refractivity contribution is 6.30. The van der Waals surface area contributed by atoms with E-state index in [1.807, 2.05) is 41.3 Å². The van der Waals surface area contributed by atoms with Gasteiger partial charge in [-0.1, -0.05) is 30.7 Å². The number of pyridine rings is 1. The fourth-order valence-electron chi connectivity index (χ4n) is 2.83. The van der Waals surface area contributed by atoms with Crippen LogP contribution in [0.15, 0.2) is 42.6 Å². The lowest BCUT2D eigenvalue weighted by Gasteiger charge is -2.34.